The lowest BCUT2D eigenvalue weighted by Crippen LogP contribution is -2.70. The minimum absolute atomic E-state index is 0.228. The number of rotatable bonds is 71. The maximum Gasteiger partial charge on any atom is 0.364 e. The topological polar surface area (TPSA) is 373 Å². The summed E-state index contributed by atoms with van der Waals surface area (Å²) in [6.45, 7) is 2.27. The quantitative estimate of drug-likeness (QED) is 0.0199. The molecule has 0 aromatic rings. The van der Waals surface area contributed by atoms with Crippen molar-refractivity contribution in [3.63, 3.8) is 0 Å². The number of ether oxygens (including phenoxy) is 6. The number of carbonyl (C=O) groups is 3. The van der Waals surface area contributed by atoms with E-state index in [9.17, 15) is 75.7 Å². The number of amides is 2. The third-order valence-corrected chi connectivity index (χ3v) is 22.5. The Kier molecular flexibility index (Phi) is 58.8. The van der Waals surface area contributed by atoms with Crippen LogP contribution in [0.25, 0.3) is 0 Å². The number of aliphatic carboxylic acids is 1. The summed E-state index contributed by atoms with van der Waals surface area (Å²) in [5.74, 6) is -6.09. The van der Waals surface area contributed by atoms with Gasteiger partial charge in [0.25, 0.3) is 5.79 Å². The van der Waals surface area contributed by atoms with E-state index in [-0.39, 0.29) is 18.9 Å². The van der Waals surface area contributed by atoms with Crippen LogP contribution in [-0.2, 0) is 42.8 Å². The maximum atomic E-state index is 13.6. The zero-order valence-electron chi connectivity index (χ0n) is 67.7. The van der Waals surface area contributed by atoms with E-state index in [0.29, 0.717) is 19.3 Å². The highest BCUT2D eigenvalue weighted by Gasteiger charge is 2.60. The lowest BCUT2D eigenvalue weighted by atomic mass is 9.88. The van der Waals surface area contributed by atoms with Gasteiger partial charge in [0.1, 0.15) is 67.1 Å². The Morgan fingerprint density at radius 1 is 0.472 bits per heavy atom. The van der Waals surface area contributed by atoms with Crippen LogP contribution in [0.3, 0.4) is 0 Å². The van der Waals surface area contributed by atoms with Crippen LogP contribution in [0, 0.1) is 0 Å². The monoisotopic (exact) mass is 1550 g/mol. The Morgan fingerprint density at radius 2 is 0.861 bits per heavy atom. The van der Waals surface area contributed by atoms with Gasteiger partial charge in [0.15, 0.2) is 12.6 Å². The van der Waals surface area contributed by atoms with Crippen molar-refractivity contribution in [2.24, 2.45) is 0 Å². The summed E-state index contributed by atoms with van der Waals surface area (Å²) in [5, 5.41) is 137. The highest BCUT2D eigenvalue weighted by Crippen LogP contribution is 2.39. The predicted molar refractivity (Wildman–Crippen MR) is 422 cm³/mol. The van der Waals surface area contributed by atoms with Crippen LogP contribution in [0.5, 0.6) is 0 Å². The van der Waals surface area contributed by atoms with Crippen LogP contribution in [-0.4, -0.2) is 215 Å². The Hall–Kier alpha value is -2.53. The van der Waals surface area contributed by atoms with Crippen LogP contribution in [0.15, 0.2) is 12.2 Å². The molecule has 23 nitrogen and oxygen atoms in total. The predicted octanol–water partition coefficient (Wildman–Crippen LogP) is 13.3. The summed E-state index contributed by atoms with van der Waals surface area (Å²) in [6, 6.07) is -2.53. The summed E-state index contributed by atoms with van der Waals surface area (Å²) in [7, 11) is 0. The van der Waals surface area contributed by atoms with Crippen molar-refractivity contribution >= 4 is 17.8 Å². The molecule has 2 amide bonds. The lowest BCUT2D eigenvalue weighted by Gasteiger charge is -2.50. The molecule has 108 heavy (non-hydrogen) atoms. The molecule has 0 aliphatic carbocycles. The second-order valence-electron chi connectivity index (χ2n) is 32.1. The van der Waals surface area contributed by atoms with E-state index in [1.54, 1.807) is 0 Å². The molecule has 3 heterocycles. The number of carboxylic acid groups (broad SMARTS) is 1. The maximum absolute atomic E-state index is 13.6. The van der Waals surface area contributed by atoms with Crippen molar-refractivity contribution in [2.45, 2.75) is 484 Å². The molecule has 0 aromatic carbocycles. The number of aliphatic hydroxyl groups is 11. The Balaban J connectivity index is 1.41. The van der Waals surface area contributed by atoms with Gasteiger partial charge >= 0.3 is 5.97 Å². The van der Waals surface area contributed by atoms with Gasteiger partial charge in [-0.15, -0.1) is 0 Å². The van der Waals surface area contributed by atoms with Crippen LogP contribution >= 0.6 is 0 Å². The van der Waals surface area contributed by atoms with Crippen molar-refractivity contribution in [3.05, 3.63) is 12.2 Å². The first-order chi connectivity index (χ1) is 52.4. The second kappa shape index (κ2) is 63.7. The molecule has 18 unspecified atom stereocenters. The van der Waals surface area contributed by atoms with Crippen molar-refractivity contribution in [2.75, 3.05) is 26.4 Å². The first kappa shape index (κ1) is 99.7. The van der Waals surface area contributed by atoms with Crippen LogP contribution in [0.2, 0.25) is 0 Å². The highest BCUT2D eigenvalue weighted by atomic mass is 16.8. The Labute approximate surface area is 651 Å². The number of unbranched alkanes of at least 4 members (excludes halogenated alkanes) is 49. The van der Waals surface area contributed by atoms with E-state index in [1.165, 1.54) is 270 Å². The van der Waals surface area contributed by atoms with Gasteiger partial charge in [0, 0.05) is 19.8 Å². The zero-order valence-corrected chi connectivity index (χ0v) is 67.7. The SMILES string of the molecule is CCCCCCCCCCCCCCCCCC/C=C\CCCCCCCCCCCCCCCCCCCC(=O)NC(COC1OC(CO)C(OC2OC(CO)C(O)C(OC3(C(=O)O)CC(O)C(NC(C)=O)C(C(O)C(O)CO)O3)C2O)C(O)C1O)C(O)CCCCCCCCCCCCCCCCCCC. The molecule has 0 spiro atoms. The Morgan fingerprint density at radius 3 is 1.25 bits per heavy atom. The van der Waals surface area contributed by atoms with E-state index < -0.39 is 148 Å². The summed E-state index contributed by atoms with van der Waals surface area (Å²) in [5.41, 5.74) is 0. The molecule has 3 fully saturated rings. The molecular formula is C85H160N2O21. The average Bonchev–Trinajstić information content (AvgIpc) is 0.755. The molecule has 3 rings (SSSR count). The van der Waals surface area contributed by atoms with Gasteiger partial charge in [-0.05, 0) is 38.5 Å². The number of carboxylic acids is 1. The van der Waals surface area contributed by atoms with E-state index in [4.69, 9.17) is 28.4 Å². The van der Waals surface area contributed by atoms with Crippen molar-refractivity contribution in [3.8, 4) is 0 Å². The minimum Gasteiger partial charge on any atom is -0.477 e. The summed E-state index contributed by atoms with van der Waals surface area (Å²) in [4.78, 5) is 38.7. The molecule has 636 valence electrons. The summed E-state index contributed by atoms with van der Waals surface area (Å²) < 4.78 is 35.0. The molecule has 3 aliphatic heterocycles. The number of aliphatic hydroxyl groups excluding tert-OH is 11. The third kappa shape index (κ3) is 42.7. The molecule has 0 bridgehead atoms. The molecule has 0 saturated carbocycles. The van der Waals surface area contributed by atoms with Gasteiger partial charge in [-0.25, -0.2) is 4.79 Å². The summed E-state index contributed by atoms with van der Waals surface area (Å²) >= 11 is 0. The molecule has 0 aromatic heterocycles. The van der Waals surface area contributed by atoms with Crippen molar-refractivity contribution in [1.29, 1.82) is 0 Å². The standard InChI is InChI=1S/C85H160N2O21/c1-4-6-8-10-12-14-16-18-20-22-23-24-25-26-27-28-29-30-31-32-33-34-35-36-37-38-39-40-41-43-45-47-49-51-53-55-57-59-72(95)87-66(67(92)58-56-54-52-50-48-46-44-42-21-19-17-15-13-11-9-7-5-2)64-103-82-77(99)76(98)79(71(63-90)105-82)106-83-78(100)81(75(97)70(62-89)104-83)108-85(84(101)102)60-68(93)73(86-65(3)91)80(107-85)74(96)69(94)61-88/h30-31,66-71,73-83,88-90,92-94,96-100H,4-29,32-64H2,1-3H3,(H,86,91)(H,87,95)(H,101,102)/b31-30-. The van der Waals surface area contributed by atoms with Crippen LogP contribution < -0.4 is 10.6 Å². The van der Waals surface area contributed by atoms with E-state index in [2.05, 4.69) is 36.6 Å². The second-order valence-corrected chi connectivity index (χ2v) is 32.1. The smallest absolute Gasteiger partial charge is 0.364 e. The van der Waals surface area contributed by atoms with Gasteiger partial charge in [0.05, 0.1) is 50.7 Å². The molecule has 18 atom stereocenters. The number of hydrogen-bond acceptors (Lipinski definition) is 20. The van der Waals surface area contributed by atoms with Crippen LogP contribution in [0.1, 0.15) is 374 Å². The molecule has 3 aliphatic rings. The normalized spacial score (nSPS) is 25.9. The summed E-state index contributed by atoms with van der Waals surface area (Å²) in [6.07, 6.45) is 42.4. The van der Waals surface area contributed by atoms with Crippen molar-refractivity contribution < 1.29 is 104 Å². The molecule has 0 radical (unpaired) electrons. The first-order valence-electron chi connectivity index (χ1n) is 44.0. The molecule has 14 N–H and O–H groups in total. The largest absolute Gasteiger partial charge is 0.477 e. The highest BCUT2D eigenvalue weighted by molar-refractivity contribution is 5.77. The number of carbonyl (C=O) groups excluding carboxylic acids is 2. The zero-order chi connectivity index (χ0) is 78.8. The van der Waals surface area contributed by atoms with E-state index in [0.717, 1.165) is 58.3 Å². The Bertz CT molecular complexity index is 2190. The number of hydrogen-bond donors (Lipinski definition) is 14. The van der Waals surface area contributed by atoms with E-state index >= 15 is 0 Å². The van der Waals surface area contributed by atoms with E-state index in [1.807, 2.05) is 0 Å². The molecule has 3 saturated heterocycles. The van der Waals surface area contributed by atoms with Gasteiger partial charge in [-0.2, -0.15) is 0 Å². The van der Waals surface area contributed by atoms with Gasteiger partial charge < -0.3 is 100 Å². The van der Waals surface area contributed by atoms with Gasteiger partial charge in [-0.3, -0.25) is 9.59 Å². The average molecular weight is 1550 g/mol. The molecule has 23 heteroatoms. The number of nitrogens with one attached hydrogen (secondary N) is 2. The minimum atomic E-state index is -3.08. The van der Waals surface area contributed by atoms with Gasteiger partial charge in [0.2, 0.25) is 11.8 Å². The fourth-order valence-electron chi connectivity index (χ4n) is 15.5. The fourth-order valence-corrected chi connectivity index (χ4v) is 15.5. The van der Waals surface area contributed by atoms with Crippen molar-refractivity contribution in [1.82, 2.24) is 10.6 Å². The fraction of sp³-hybridized carbons (Fsp3) is 0.941. The third-order valence-electron chi connectivity index (χ3n) is 22.5. The lowest BCUT2D eigenvalue weighted by molar-refractivity contribution is -0.386. The molecular weight excluding hydrogens is 1380 g/mol. The first-order valence-corrected chi connectivity index (χ1v) is 44.0. The number of allylic oxidation sites excluding steroid dienone is 2. The van der Waals surface area contributed by atoms with Crippen LogP contribution in [0.4, 0.5) is 0 Å². The van der Waals surface area contributed by atoms with Gasteiger partial charge in [-0.1, -0.05) is 328 Å².